The molecule has 3 rings (SSSR count). The quantitative estimate of drug-likeness (QED) is 0.469. The van der Waals surface area contributed by atoms with Gasteiger partial charge in [0.15, 0.2) is 6.10 Å². The number of aliphatic carboxylic acids is 1. The number of ether oxygens (including phenoxy) is 1. The minimum absolute atomic E-state index is 0.0913. The summed E-state index contributed by atoms with van der Waals surface area (Å²) in [5, 5.41) is 11.4. The highest BCUT2D eigenvalue weighted by Gasteiger charge is 2.30. The molecule has 9 heteroatoms. The van der Waals surface area contributed by atoms with E-state index in [4.69, 9.17) is 14.7 Å². The molecule has 0 radical (unpaired) electrons. The van der Waals surface area contributed by atoms with Crippen molar-refractivity contribution in [2.75, 3.05) is 18.6 Å². The van der Waals surface area contributed by atoms with Crippen LogP contribution in [0.25, 0.3) is 11.1 Å². The van der Waals surface area contributed by atoms with Crippen LogP contribution < -0.4 is 10.8 Å². The fraction of sp³-hybridized carbons (Fsp3) is 0.348. The van der Waals surface area contributed by atoms with Gasteiger partial charge in [-0.3, -0.25) is 9.63 Å². The van der Waals surface area contributed by atoms with Gasteiger partial charge in [-0.25, -0.2) is 15.1 Å². The maximum atomic E-state index is 12.5. The Morgan fingerprint density at radius 2 is 1.66 bits per heavy atom. The van der Waals surface area contributed by atoms with Crippen molar-refractivity contribution in [2.24, 2.45) is 0 Å². The lowest BCUT2D eigenvalue weighted by atomic mass is 9.98. The second-order valence-corrected chi connectivity index (χ2v) is 8.35. The smallest absolute Gasteiger partial charge is 0.407 e. The van der Waals surface area contributed by atoms with Crippen molar-refractivity contribution in [3.05, 3.63) is 59.7 Å². The molecule has 0 saturated heterocycles. The Bertz CT molecular complexity index is 937. The molecule has 0 spiro atoms. The predicted molar refractivity (Wildman–Crippen MR) is 121 cm³/mol. The summed E-state index contributed by atoms with van der Waals surface area (Å²) in [5.74, 6) is -1.33. The summed E-state index contributed by atoms with van der Waals surface area (Å²) in [6, 6.07) is 15.1. The van der Waals surface area contributed by atoms with Crippen LogP contribution in [-0.2, 0) is 19.2 Å². The third-order valence-corrected chi connectivity index (χ3v) is 5.89. The Morgan fingerprint density at radius 1 is 1.06 bits per heavy atom. The normalized spacial score (nSPS) is 14.1. The molecule has 1 aliphatic carbocycles. The second kappa shape index (κ2) is 11.0. The molecule has 0 fully saturated rings. The monoisotopic (exact) mass is 458 g/mol. The van der Waals surface area contributed by atoms with E-state index in [1.807, 2.05) is 42.7 Å². The molecule has 170 valence electrons. The van der Waals surface area contributed by atoms with Gasteiger partial charge in [0, 0.05) is 5.92 Å². The number of alkyl carbamates (subject to hydrolysis) is 1. The maximum absolute atomic E-state index is 12.5. The number of carboxylic acid groups (broad SMARTS) is 1. The summed E-state index contributed by atoms with van der Waals surface area (Å²) in [6.45, 7) is 1.42. The number of benzene rings is 2. The summed E-state index contributed by atoms with van der Waals surface area (Å²) < 4.78 is 5.49. The number of hydroxylamine groups is 1. The van der Waals surface area contributed by atoms with Gasteiger partial charge < -0.3 is 15.2 Å². The number of rotatable bonds is 10. The number of carboxylic acids is 1. The van der Waals surface area contributed by atoms with Crippen LogP contribution >= 0.6 is 11.8 Å². The van der Waals surface area contributed by atoms with Crippen molar-refractivity contribution in [3.8, 4) is 11.1 Å². The van der Waals surface area contributed by atoms with E-state index in [-0.39, 0.29) is 12.5 Å². The number of carbonyl (C=O) groups is 3. The van der Waals surface area contributed by atoms with Gasteiger partial charge in [0.25, 0.3) is 5.91 Å². The Labute approximate surface area is 190 Å². The van der Waals surface area contributed by atoms with E-state index in [0.717, 1.165) is 22.3 Å². The number of carbonyl (C=O) groups excluding carboxylic acids is 2. The minimum Gasteiger partial charge on any atom is -0.479 e. The van der Waals surface area contributed by atoms with E-state index < -0.39 is 30.1 Å². The van der Waals surface area contributed by atoms with Crippen LogP contribution in [0.15, 0.2) is 48.5 Å². The first-order chi connectivity index (χ1) is 15.4. The SMILES string of the molecule is CSCC[C@H](NC(=O)OCC1c2ccccc2-c2ccccc21)C(=O)NOC(C)C(=O)O. The van der Waals surface area contributed by atoms with Gasteiger partial charge in [0.2, 0.25) is 0 Å². The number of nitrogens with one attached hydrogen (secondary N) is 2. The number of fused-ring (bicyclic) bond motifs is 3. The van der Waals surface area contributed by atoms with Crippen LogP contribution in [0.2, 0.25) is 0 Å². The zero-order valence-corrected chi connectivity index (χ0v) is 18.7. The third kappa shape index (κ3) is 5.60. The van der Waals surface area contributed by atoms with Gasteiger partial charge in [-0.2, -0.15) is 11.8 Å². The van der Waals surface area contributed by atoms with Crippen molar-refractivity contribution in [3.63, 3.8) is 0 Å². The van der Waals surface area contributed by atoms with Crippen molar-refractivity contribution >= 4 is 29.7 Å². The molecular weight excluding hydrogens is 432 g/mol. The molecule has 3 N–H and O–H groups in total. The van der Waals surface area contributed by atoms with Crippen LogP contribution in [0.3, 0.4) is 0 Å². The van der Waals surface area contributed by atoms with Crippen LogP contribution in [-0.4, -0.2) is 53.8 Å². The predicted octanol–water partition coefficient (Wildman–Crippen LogP) is 3.17. The van der Waals surface area contributed by atoms with Gasteiger partial charge >= 0.3 is 12.1 Å². The van der Waals surface area contributed by atoms with E-state index in [1.54, 1.807) is 0 Å². The summed E-state index contributed by atoms with van der Waals surface area (Å²) in [7, 11) is 0. The first-order valence-corrected chi connectivity index (χ1v) is 11.6. The lowest BCUT2D eigenvalue weighted by Crippen LogP contribution is -2.48. The fourth-order valence-electron chi connectivity index (χ4n) is 3.55. The van der Waals surface area contributed by atoms with Crippen LogP contribution in [0.5, 0.6) is 0 Å². The van der Waals surface area contributed by atoms with Gasteiger partial charge in [0.1, 0.15) is 12.6 Å². The van der Waals surface area contributed by atoms with Crippen molar-refractivity contribution in [1.29, 1.82) is 0 Å². The number of hydrogen-bond acceptors (Lipinski definition) is 6. The molecule has 0 heterocycles. The molecule has 8 nitrogen and oxygen atoms in total. The molecule has 2 aromatic carbocycles. The van der Waals surface area contributed by atoms with E-state index in [2.05, 4.69) is 22.9 Å². The maximum Gasteiger partial charge on any atom is 0.407 e. The Hall–Kier alpha value is -3.04. The van der Waals surface area contributed by atoms with Gasteiger partial charge in [-0.1, -0.05) is 48.5 Å². The van der Waals surface area contributed by atoms with E-state index >= 15 is 0 Å². The Morgan fingerprint density at radius 3 is 2.22 bits per heavy atom. The molecule has 2 amide bonds. The molecule has 1 unspecified atom stereocenters. The van der Waals surface area contributed by atoms with Crippen LogP contribution in [0.4, 0.5) is 4.79 Å². The second-order valence-electron chi connectivity index (χ2n) is 7.37. The molecule has 2 aromatic rings. The average molecular weight is 459 g/mol. The lowest BCUT2D eigenvalue weighted by molar-refractivity contribution is -0.159. The van der Waals surface area contributed by atoms with E-state index in [1.165, 1.54) is 18.7 Å². The summed E-state index contributed by atoms with van der Waals surface area (Å²) in [6.07, 6.45) is 0.279. The molecule has 2 atom stereocenters. The first kappa shape index (κ1) is 23.6. The molecule has 0 aliphatic heterocycles. The van der Waals surface area contributed by atoms with Gasteiger partial charge in [-0.15, -0.1) is 0 Å². The summed E-state index contributed by atoms with van der Waals surface area (Å²) in [5.41, 5.74) is 6.53. The lowest BCUT2D eigenvalue weighted by Gasteiger charge is -2.20. The molecule has 1 aliphatic rings. The summed E-state index contributed by atoms with van der Waals surface area (Å²) >= 11 is 1.52. The standard InChI is InChI=1S/C23H26N2O6S/c1-14(22(27)28)31-25-21(26)20(11-12-32-2)24-23(29)30-13-19-17-9-5-3-7-15(17)16-8-4-6-10-18(16)19/h3-10,14,19-20H,11-13H2,1-2H3,(H,24,29)(H,25,26)(H,27,28)/t14?,20-/m0/s1. The number of amides is 2. The zero-order chi connectivity index (χ0) is 23.1. The highest BCUT2D eigenvalue weighted by Crippen LogP contribution is 2.44. The van der Waals surface area contributed by atoms with Gasteiger partial charge in [0.05, 0.1) is 0 Å². The minimum atomic E-state index is -1.21. The largest absolute Gasteiger partial charge is 0.479 e. The molecule has 0 bridgehead atoms. The fourth-order valence-corrected chi connectivity index (χ4v) is 4.03. The van der Waals surface area contributed by atoms with Crippen molar-refractivity contribution in [2.45, 2.75) is 31.4 Å². The highest BCUT2D eigenvalue weighted by molar-refractivity contribution is 7.98. The van der Waals surface area contributed by atoms with Crippen molar-refractivity contribution in [1.82, 2.24) is 10.8 Å². The van der Waals surface area contributed by atoms with Crippen LogP contribution in [0.1, 0.15) is 30.4 Å². The number of hydrogen-bond donors (Lipinski definition) is 3. The topological polar surface area (TPSA) is 114 Å². The van der Waals surface area contributed by atoms with Crippen LogP contribution in [0, 0.1) is 0 Å². The molecule has 0 aromatic heterocycles. The first-order valence-electron chi connectivity index (χ1n) is 10.2. The molecule has 32 heavy (non-hydrogen) atoms. The molecular formula is C23H26N2O6S. The van der Waals surface area contributed by atoms with E-state index in [9.17, 15) is 14.4 Å². The summed E-state index contributed by atoms with van der Waals surface area (Å²) in [4.78, 5) is 40.6. The van der Waals surface area contributed by atoms with Gasteiger partial charge in [-0.05, 0) is 47.6 Å². The van der Waals surface area contributed by atoms with Crippen molar-refractivity contribution < 1.29 is 29.1 Å². The highest BCUT2D eigenvalue weighted by atomic mass is 32.2. The molecule has 0 saturated carbocycles. The average Bonchev–Trinajstić information content (AvgIpc) is 3.12. The van der Waals surface area contributed by atoms with E-state index in [0.29, 0.717) is 12.2 Å². The Kier molecular flexibility index (Phi) is 8.13. The number of thioether (sulfide) groups is 1. The Balaban J connectivity index is 1.61. The third-order valence-electron chi connectivity index (χ3n) is 5.25. The zero-order valence-electron chi connectivity index (χ0n) is 17.9.